The monoisotopic (exact) mass is 392 g/mol. The van der Waals surface area contributed by atoms with E-state index in [9.17, 15) is 4.79 Å². The molecule has 2 aromatic heterocycles. The summed E-state index contributed by atoms with van der Waals surface area (Å²) in [7, 11) is 0. The first-order chi connectivity index (χ1) is 11.1. The van der Waals surface area contributed by atoms with Crippen LogP contribution in [0.2, 0.25) is 0 Å². The van der Waals surface area contributed by atoms with Gasteiger partial charge >= 0.3 is 5.97 Å². The summed E-state index contributed by atoms with van der Waals surface area (Å²) in [6.07, 6.45) is 1.43. The van der Waals surface area contributed by atoms with Gasteiger partial charge in [0.05, 0.1) is 12.0 Å². The van der Waals surface area contributed by atoms with Gasteiger partial charge in [-0.2, -0.15) is 0 Å². The van der Waals surface area contributed by atoms with Crippen molar-refractivity contribution in [2.75, 3.05) is 6.61 Å². The van der Waals surface area contributed by atoms with Crippen molar-refractivity contribution in [3.63, 3.8) is 0 Å². The number of carbonyl (C=O) groups excluding carboxylic acids is 1. The lowest BCUT2D eigenvalue weighted by atomic mass is 10.2. The van der Waals surface area contributed by atoms with Crippen molar-refractivity contribution < 1.29 is 14.3 Å². The maximum absolute atomic E-state index is 12.0. The summed E-state index contributed by atoms with van der Waals surface area (Å²) in [6, 6.07) is 7.45. The second-order valence-corrected chi connectivity index (χ2v) is 6.61. The first-order valence-corrected chi connectivity index (χ1v) is 8.55. The molecule has 1 aromatic carbocycles. The van der Waals surface area contributed by atoms with E-state index in [1.165, 1.54) is 17.7 Å². The Kier molecular flexibility index (Phi) is 4.58. The highest BCUT2D eigenvalue weighted by molar-refractivity contribution is 9.10. The number of benzene rings is 1. The first-order valence-electron chi connectivity index (χ1n) is 6.94. The predicted octanol–water partition coefficient (Wildman–Crippen LogP) is 4.73. The van der Waals surface area contributed by atoms with Gasteiger partial charge in [0, 0.05) is 4.47 Å². The minimum absolute atomic E-state index is 0.334. The minimum Gasteiger partial charge on any atom is -0.462 e. The number of thiophene rings is 1. The Balaban J connectivity index is 2.04. The molecule has 3 aromatic rings. The average Bonchev–Trinajstić information content (AvgIpc) is 2.88. The van der Waals surface area contributed by atoms with Crippen LogP contribution in [-0.2, 0) is 4.74 Å². The van der Waals surface area contributed by atoms with Gasteiger partial charge in [-0.05, 0) is 43.7 Å². The number of nitrogens with zero attached hydrogens (tertiary/aromatic N) is 2. The maximum Gasteiger partial charge on any atom is 0.348 e. The molecular weight excluding hydrogens is 380 g/mol. The fourth-order valence-electron chi connectivity index (χ4n) is 2.12. The maximum atomic E-state index is 12.0. The molecule has 0 radical (unpaired) electrons. The molecule has 0 atom stereocenters. The Hall–Kier alpha value is -1.99. The van der Waals surface area contributed by atoms with Crippen molar-refractivity contribution in [1.29, 1.82) is 0 Å². The van der Waals surface area contributed by atoms with Gasteiger partial charge in [-0.3, -0.25) is 0 Å². The molecule has 23 heavy (non-hydrogen) atoms. The van der Waals surface area contributed by atoms with E-state index < -0.39 is 0 Å². The van der Waals surface area contributed by atoms with Crippen molar-refractivity contribution in [2.24, 2.45) is 0 Å². The second-order valence-electron chi connectivity index (χ2n) is 4.69. The summed E-state index contributed by atoms with van der Waals surface area (Å²) in [6.45, 7) is 3.96. The number of fused-ring (bicyclic) bond motifs is 1. The Bertz CT molecular complexity index is 862. The molecule has 0 aliphatic rings. The first kappa shape index (κ1) is 15.9. The Morgan fingerprint density at radius 3 is 2.70 bits per heavy atom. The van der Waals surface area contributed by atoms with Gasteiger partial charge in [0.1, 0.15) is 21.8 Å². The molecule has 0 fully saturated rings. The Labute approximate surface area is 145 Å². The molecule has 0 spiro atoms. The van der Waals surface area contributed by atoms with Crippen molar-refractivity contribution in [2.45, 2.75) is 13.8 Å². The molecule has 0 N–H and O–H groups in total. The summed E-state index contributed by atoms with van der Waals surface area (Å²) >= 11 is 4.67. The molecule has 3 rings (SSSR count). The van der Waals surface area contributed by atoms with Crippen molar-refractivity contribution in [1.82, 2.24) is 9.97 Å². The highest BCUT2D eigenvalue weighted by atomic mass is 79.9. The van der Waals surface area contributed by atoms with Gasteiger partial charge in [0.2, 0.25) is 5.88 Å². The average molecular weight is 393 g/mol. The predicted molar refractivity (Wildman–Crippen MR) is 92.3 cm³/mol. The summed E-state index contributed by atoms with van der Waals surface area (Å²) in [5.41, 5.74) is 0.774. The third-order valence-corrected chi connectivity index (χ3v) is 4.89. The van der Waals surface area contributed by atoms with Crippen molar-refractivity contribution in [3.8, 4) is 11.6 Å². The molecular formula is C16H13BrN2O3S. The second kappa shape index (κ2) is 6.64. The van der Waals surface area contributed by atoms with Gasteiger partial charge in [0.25, 0.3) is 0 Å². The van der Waals surface area contributed by atoms with E-state index in [-0.39, 0.29) is 5.97 Å². The zero-order valence-electron chi connectivity index (χ0n) is 12.5. The van der Waals surface area contributed by atoms with Crippen LogP contribution in [0.4, 0.5) is 0 Å². The van der Waals surface area contributed by atoms with Gasteiger partial charge < -0.3 is 9.47 Å². The minimum atomic E-state index is -0.345. The highest BCUT2D eigenvalue weighted by Gasteiger charge is 2.21. The quantitative estimate of drug-likeness (QED) is 0.600. The van der Waals surface area contributed by atoms with E-state index in [1.807, 2.05) is 31.2 Å². The van der Waals surface area contributed by atoms with Gasteiger partial charge in [0.15, 0.2) is 0 Å². The fraction of sp³-hybridized carbons (Fsp3) is 0.188. The summed E-state index contributed by atoms with van der Waals surface area (Å²) < 4.78 is 11.9. The van der Waals surface area contributed by atoms with Crippen molar-refractivity contribution in [3.05, 3.63) is 45.5 Å². The topological polar surface area (TPSA) is 61.3 Å². The van der Waals surface area contributed by atoms with Crippen LogP contribution in [0.25, 0.3) is 10.2 Å². The lowest BCUT2D eigenvalue weighted by molar-refractivity contribution is 0.0531. The molecule has 7 heteroatoms. The van der Waals surface area contributed by atoms with Gasteiger partial charge in [-0.25, -0.2) is 14.8 Å². The third kappa shape index (κ3) is 3.20. The number of ether oxygens (including phenoxy) is 2. The summed E-state index contributed by atoms with van der Waals surface area (Å²) in [5, 5.41) is 0.739. The van der Waals surface area contributed by atoms with Crippen LogP contribution in [0, 0.1) is 6.92 Å². The molecule has 0 unspecified atom stereocenters. The number of aromatic nitrogens is 2. The van der Waals surface area contributed by atoms with Gasteiger partial charge in [-0.1, -0.05) is 15.9 Å². The molecule has 118 valence electrons. The molecule has 0 amide bonds. The Morgan fingerprint density at radius 1 is 1.26 bits per heavy atom. The van der Waals surface area contributed by atoms with E-state index in [4.69, 9.17) is 9.47 Å². The molecule has 0 bridgehead atoms. The highest BCUT2D eigenvalue weighted by Crippen LogP contribution is 2.36. The SMILES string of the molecule is CCOC(=O)c1sc2ncnc(Oc3ccc(Br)cc3)c2c1C. The van der Waals surface area contributed by atoms with Crippen LogP contribution >= 0.6 is 27.3 Å². The van der Waals surface area contributed by atoms with E-state index in [0.29, 0.717) is 27.9 Å². The molecule has 0 saturated heterocycles. The van der Waals surface area contributed by atoms with Crippen molar-refractivity contribution >= 4 is 43.5 Å². The number of carbonyl (C=O) groups is 1. The number of halogens is 1. The lowest BCUT2D eigenvalue weighted by Gasteiger charge is -2.06. The lowest BCUT2D eigenvalue weighted by Crippen LogP contribution is -2.03. The van der Waals surface area contributed by atoms with Crippen LogP contribution in [0.3, 0.4) is 0 Å². The smallest absolute Gasteiger partial charge is 0.348 e. The molecule has 5 nitrogen and oxygen atoms in total. The number of aryl methyl sites for hydroxylation is 1. The molecule has 0 saturated carbocycles. The Morgan fingerprint density at radius 2 is 2.00 bits per heavy atom. The summed E-state index contributed by atoms with van der Waals surface area (Å²) in [4.78, 5) is 21.7. The largest absolute Gasteiger partial charge is 0.462 e. The van der Waals surface area contributed by atoms with E-state index >= 15 is 0 Å². The van der Waals surface area contributed by atoms with Gasteiger partial charge in [-0.15, -0.1) is 11.3 Å². The normalized spacial score (nSPS) is 10.7. The number of rotatable bonds is 4. The standard InChI is InChI=1S/C16H13BrN2O3S/c1-3-21-16(20)13-9(2)12-14(18-8-19-15(12)23-13)22-11-6-4-10(17)5-7-11/h4-8H,3H2,1-2H3. The van der Waals surface area contributed by atoms with Crippen LogP contribution < -0.4 is 4.74 Å². The van der Waals surface area contributed by atoms with E-state index in [1.54, 1.807) is 6.92 Å². The van der Waals surface area contributed by atoms with Crippen LogP contribution in [-0.4, -0.2) is 22.5 Å². The molecule has 2 heterocycles. The van der Waals surface area contributed by atoms with Crippen LogP contribution in [0.5, 0.6) is 11.6 Å². The number of esters is 1. The third-order valence-electron chi connectivity index (χ3n) is 3.18. The number of hydrogen-bond donors (Lipinski definition) is 0. The fourth-order valence-corrected chi connectivity index (χ4v) is 3.42. The zero-order chi connectivity index (χ0) is 16.4. The molecule has 0 aliphatic heterocycles. The summed E-state index contributed by atoms with van der Waals surface area (Å²) in [5.74, 6) is 0.751. The van der Waals surface area contributed by atoms with Crippen LogP contribution in [0.15, 0.2) is 35.1 Å². The zero-order valence-corrected chi connectivity index (χ0v) is 14.9. The van der Waals surface area contributed by atoms with E-state index in [2.05, 4.69) is 25.9 Å². The number of hydrogen-bond acceptors (Lipinski definition) is 6. The van der Waals surface area contributed by atoms with Crippen LogP contribution in [0.1, 0.15) is 22.2 Å². The molecule has 0 aliphatic carbocycles. The van der Waals surface area contributed by atoms with E-state index in [0.717, 1.165) is 15.4 Å².